The lowest BCUT2D eigenvalue weighted by atomic mass is 10.2. The van der Waals surface area contributed by atoms with E-state index in [-0.39, 0.29) is 6.04 Å². The number of aryl methyl sites for hydroxylation is 2. The monoisotopic (exact) mass is 243 g/mol. The van der Waals surface area contributed by atoms with Crippen LogP contribution in [0.4, 0.5) is 0 Å². The van der Waals surface area contributed by atoms with E-state index >= 15 is 0 Å². The summed E-state index contributed by atoms with van der Waals surface area (Å²) < 4.78 is 0. The summed E-state index contributed by atoms with van der Waals surface area (Å²) >= 11 is 0. The lowest BCUT2D eigenvalue weighted by molar-refractivity contribution is 0.548. The zero-order chi connectivity index (χ0) is 13.0. The van der Waals surface area contributed by atoms with Crippen molar-refractivity contribution >= 4 is 0 Å². The Morgan fingerprint density at radius 2 is 1.83 bits per heavy atom. The highest BCUT2D eigenvalue weighted by molar-refractivity contribution is 5.12. The minimum absolute atomic E-state index is 0.141. The molecule has 2 aromatic heterocycles. The second-order valence-electron chi connectivity index (χ2n) is 4.28. The lowest BCUT2D eigenvalue weighted by Crippen LogP contribution is -2.21. The van der Waals surface area contributed by atoms with E-state index in [9.17, 15) is 0 Å². The fraction of sp³-hybridized carbons (Fsp3) is 0.385. The molecule has 0 aromatic carbocycles. The van der Waals surface area contributed by atoms with Crippen LogP contribution in [0.5, 0.6) is 0 Å². The minimum atomic E-state index is 0.141. The third-order valence-electron chi connectivity index (χ3n) is 2.75. The van der Waals surface area contributed by atoms with Crippen LogP contribution in [0.1, 0.15) is 35.7 Å². The Bertz CT molecular complexity index is 509. The van der Waals surface area contributed by atoms with Crippen LogP contribution in [0, 0.1) is 13.8 Å². The average molecular weight is 243 g/mol. The topological polar surface area (TPSA) is 63.6 Å². The largest absolute Gasteiger partial charge is 0.303 e. The molecule has 2 rings (SSSR count). The quantitative estimate of drug-likeness (QED) is 0.886. The zero-order valence-electron chi connectivity index (χ0n) is 10.9. The number of hydrogen-bond acceptors (Lipinski definition) is 5. The SMILES string of the molecule is Cc1cnc(CNC(C)c2nccnc2C)cn1. The second-order valence-corrected chi connectivity index (χ2v) is 4.28. The normalized spacial score (nSPS) is 12.4. The Morgan fingerprint density at radius 3 is 2.50 bits per heavy atom. The van der Waals surface area contributed by atoms with E-state index in [1.54, 1.807) is 24.8 Å². The van der Waals surface area contributed by atoms with Gasteiger partial charge in [0.05, 0.1) is 22.8 Å². The van der Waals surface area contributed by atoms with Crippen LogP contribution in [0.3, 0.4) is 0 Å². The van der Waals surface area contributed by atoms with Gasteiger partial charge in [0.25, 0.3) is 0 Å². The smallest absolute Gasteiger partial charge is 0.0782 e. The Morgan fingerprint density at radius 1 is 1.06 bits per heavy atom. The van der Waals surface area contributed by atoms with Crippen molar-refractivity contribution in [1.82, 2.24) is 25.3 Å². The highest BCUT2D eigenvalue weighted by atomic mass is 15.0. The summed E-state index contributed by atoms with van der Waals surface area (Å²) in [6, 6.07) is 0.141. The predicted octanol–water partition coefficient (Wildman–Crippen LogP) is 1.73. The van der Waals surface area contributed by atoms with Crippen LogP contribution >= 0.6 is 0 Å². The maximum absolute atomic E-state index is 4.34. The molecule has 2 aromatic rings. The first kappa shape index (κ1) is 12.6. The van der Waals surface area contributed by atoms with E-state index in [0.29, 0.717) is 6.54 Å². The van der Waals surface area contributed by atoms with Crippen molar-refractivity contribution in [3.8, 4) is 0 Å². The van der Waals surface area contributed by atoms with E-state index < -0.39 is 0 Å². The molecule has 0 aliphatic heterocycles. The predicted molar refractivity (Wildman–Crippen MR) is 68.8 cm³/mol. The molecule has 0 aliphatic rings. The Balaban J connectivity index is 1.98. The van der Waals surface area contributed by atoms with Crippen molar-refractivity contribution in [3.05, 3.63) is 47.6 Å². The van der Waals surface area contributed by atoms with Gasteiger partial charge >= 0.3 is 0 Å². The average Bonchev–Trinajstić information content (AvgIpc) is 2.38. The maximum Gasteiger partial charge on any atom is 0.0782 e. The van der Waals surface area contributed by atoms with Gasteiger partial charge in [-0.25, -0.2) is 0 Å². The number of aromatic nitrogens is 4. The molecule has 18 heavy (non-hydrogen) atoms. The molecule has 1 N–H and O–H groups in total. The van der Waals surface area contributed by atoms with E-state index in [0.717, 1.165) is 22.8 Å². The van der Waals surface area contributed by atoms with Crippen molar-refractivity contribution < 1.29 is 0 Å². The molecular formula is C13H17N5. The first-order chi connectivity index (χ1) is 8.66. The highest BCUT2D eigenvalue weighted by Crippen LogP contribution is 2.12. The van der Waals surface area contributed by atoms with Crippen molar-refractivity contribution in [2.75, 3.05) is 0 Å². The van der Waals surface area contributed by atoms with E-state index in [1.165, 1.54) is 0 Å². The second kappa shape index (κ2) is 5.64. The summed E-state index contributed by atoms with van der Waals surface area (Å²) in [5, 5.41) is 3.37. The van der Waals surface area contributed by atoms with Crippen LogP contribution in [0.2, 0.25) is 0 Å². The van der Waals surface area contributed by atoms with E-state index in [2.05, 4.69) is 32.2 Å². The molecule has 0 amide bonds. The number of hydrogen-bond donors (Lipinski definition) is 1. The summed E-state index contributed by atoms with van der Waals surface area (Å²) in [6.45, 7) is 6.63. The number of nitrogens with one attached hydrogen (secondary N) is 1. The standard InChI is InChI=1S/C13H17N5/c1-9-6-18-12(7-16-9)8-17-11(3)13-10(2)14-4-5-15-13/h4-7,11,17H,8H2,1-3H3. The maximum atomic E-state index is 4.34. The van der Waals surface area contributed by atoms with Gasteiger partial charge in [0.15, 0.2) is 0 Å². The van der Waals surface area contributed by atoms with Crippen LogP contribution < -0.4 is 5.32 Å². The molecule has 0 saturated carbocycles. The molecule has 0 spiro atoms. The Hall–Kier alpha value is -1.88. The summed E-state index contributed by atoms with van der Waals surface area (Å²) in [6.07, 6.45) is 6.98. The summed E-state index contributed by atoms with van der Waals surface area (Å²) in [4.78, 5) is 17.1. The van der Waals surface area contributed by atoms with Crippen LogP contribution in [0.15, 0.2) is 24.8 Å². The molecule has 0 bridgehead atoms. The molecule has 0 radical (unpaired) electrons. The van der Waals surface area contributed by atoms with Crippen molar-refractivity contribution in [1.29, 1.82) is 0 Å². The van der Waals surface area contributed by atoms with Gasteiger partial charge in [-0.3, -0.25) is 19.9 Å². The molecular weight excluding hydrogens is 226 g/mol. The van der Waals surface area contributed by atoms with Crippen molar-refractivity contribution in [2.45, 2.75) is 33.4 Å². The van der Waals surface area contributed by atoms with Crippen molar-refractivity contribution in [3.63, 3.8) is 0 Å². The number of rotatable bonds is 4. The fourth-order valence-corrected chi connectivity index (χ4v) is 1.71. The molecule has 5 heteroatoms. The fourth-order valence-electron chi connectivity index (χ4n) is 1.71. The first-order valence-corrected chi connectivity index (χ1v) is 5.95. The molecule has 0 fully saturated rings. The third kappa shape index (κ3) is 3.07. The molecule has 2 heterocycles. The van der Waals surface area contributed by atoms with Gasteiger partial charge in [0.1, 0.15) is 0 Å². The Labute approximate surface area is 107 Å². The number of nitrogens with zero attached hydrogens (tertiary/aromatic N) is 4. The van der Waals surface area contributed by atoms with Crippen molar-refractivity contribution in [2.24, 2.45) is 0 Å². The first-order valence-electron chi connectivity index (χ1n) is 5.95. The molecule has 0 aliphatic carbocycles. The minimum Gasteiger partial charge on any atom is -0.303 e. The van der Waals surface area contributed by atoms with Gasteiger partial charge in [-0.05, 0) is 20.8 Å². The van der Waals surface area contributed by atoms with Gasteiger partial charge in [-0.2, -0.15) is 0 Å². The molecule has 1 atom stereocenters. The molecule has 94 valence electrons. The highest BCUT2D eigenvalue weighted by Gasteiger charge is 2.09. The van der Waals surface area contributed by atoms with Gasteiger partial charge < -0.3 is 5.32 Å². The van der Waals surface area contributed by atoms with Crippen LogP contribution in [-0.4, -0.2) is 19.9 Å². The molecule has 0 saturated heterocycles. The van der Waals surface area contributed by atoms with Gasteiger partial charge in [0.2, 0.25) is 0 Å². The van der Waals surface area contributed by atoms with E-state index in [4.69, 9.17) is 0 Å². The third-order valence-corrected chi connectivity index (χ3v) is 2.75. The van der Waals surface area contributed by atoms with E-state index in [1.807, 2.05) is 13.8 Å². The van der Waals surface area contributed by atoms with Gasteiger partial charge in [-0.1, -0.05) is 0 Å². The zero-order valence-corrected chi connectivity index (χ0v) is 10.9. The lowest BCUT2D eigenvalue weighted by Gasteiger charge is -2.14. The summed E-state index contributed by atoms with van der Waals surface area (Å²) in [7, 11) is 0. The summed E-state index contributed by atoms with van der Waals surface area (Å²) in [5.41, 5.74) is 3.77. The Kier molecular flexibility index (Phi) is 3.94. The molecule has 5 nitrogen and oxygen atoms in total. The molecule has 1 unspecified atom stereocenters. The van der Waals surface area contributed by atoms with Gasteiger partial charge in [0, 0.05) is 37.4 Å². The van der Waals surface area contributed by atoms with Gasteiger partial charge in [-0.15, -0.1) is 0 Å². The summed E-state index contributed by atoms with van der Waals surface area (Å²) in [5.74, 6) is 0. The van der Waals surface area contributed by atoms with Crippen LogP contribution in [0.25, 0.3) is 0 Å². The van der Waals surface area contributed by atoms with Crippen LogP contribution in [-0.2, 0) is 6.54 Å².